The Morgan fingerprint density at radius 2 is 2.29 bits per heavy atom. The molecule has 0 aliphatic heterocycles. The number of hydrogen-bond acceptors (Lipinski definition) is 5. The number of aromatic hydroxyl groups is 1. The smallest absolute Gasteiger partial charge is 0.211 e. The van der Waals surface area contributed by atoms with Crippen LogP contribution in [0.15, 0.2) is 46.4 Å². The third kappa shape index (κ3) is 3.61. The highest BCUT2D eigenvalue weighted by molar-refractivity contribution is 7.07. The van der Waals surface area contributed by atoms with Crippen LogP contribution in [0.3, 0.4) is 0 Å². The summed E-state index contributed by atoms with van der Waals surface area (Å²) in [5, 5.41) is 20.0. The molecule has 0 bridgehead atoms. The molecular formula is C15H17N3O2S. The maximum absolute atomic E-state index is 9.69. The largest absolute Gasteiger partial charge is 0.504 e. The highest BCUT2D eigenvalue weighted by Gasteiger charge is 2.01. The summed E-state index contributed by atoms with van der Waals surface area (Å²) in [5.74, 6) is 0.511. The van der Waals surface area contributed by atoms with Crippen molar-refractivity contribution in [2.24, 2.45) is 10.2 Å². The van der Waals surface area contributed by atoms with Gasteiger partial charge in [-0.25, -0.2) is 0 Å². The number of aryl methyl sites for hydroxylation is 1. The summed E-state index contributed by atoms with van der Waals surface area (Å²) in [6.07, 6.45) is 3.41. The van der Waals surface area contributed by atoms with Gasteiger partial charge in [0.2, 0.25) is 4.80 Å². The van der Waals surface area contributed by atoms with E-state index in [0.717, 1.165) is 16.1 Å². The molecule has 0 spiro atoms. The molecule has 5 nitrogen and oxygen atoms in total. The minimum Gasteiger partial charge on any atom is -0.504 e. The van der Waals surface area contributed by atoms with E-state index in [4.69, 9.17) is 4.74 Å². The number of phenols is 1. The molecule has 0 saturated heterocycles. The van der Waals surface area contributed by atoms with Crippen LogP contribution in [0.1, 0.15) is 11.3 Å². The van der Waals surface area contributed by atoms with Gasteiger partial charge in [0.05, 0.1) is 13.3 Å². The van der Waals surface area contributed by atoms with Crippen LogP contribution in [-0.2, 0) is 6.54 Å². The number of hydrogen-bond donors (Lipinski definition) is 1. The number of ether oxygens (including phenoxy) is 1. The fourth-order valence-corrected chi connectivity index (χ4v) is 2.62. The van der Waals surface area contributed by atoms with Crippen molar-refractivity contribution in [1.82, 2.24) is 4.57 Å². The fraction of sp³-hybridized carbons (Fsp3) is 0.200. The van der Waals surface area contributed by atoms with Crippen LogP contribution in [0.2, 0.25) is 0 Å². The fourth-order valence-electron chi connectivity index (χ4n) is 1.78. The Morgan fingerprint density at radius 3 is 2.95 bits per heavy atom. The van der Waals surface area contributed by atoms with Crippen molar-refractivity contribution in [3.63, 3.8) is 0 Å². The number of aromatic nitrogens is 1. The lowest BCUT2D eigenvalue weighted by molar-refractivity contribution is 0.373. The molecule has 2 aromatic rings. The van der Waals surface area contributed by atoms with Gasteiger partial charge in [-0.3, -0.25) is 0 Å². The first-order chi connectivity index (χ1) is 10.2. The van der Waals surface area contributed by atoms with Crippen LogP contribution >= 0.6 is 11.3 Å². The van der Waals surface area contributed by atoms with Crippen molar-refractivity contribution in [2.45, 2.75) is 13.5 Å². The van der Waals surface area contributed by atoms with Crippen molar-refractivity contribution < 1.29 is 9.84 Å². The average molecular weight is 303 g/mol. The molecular weight excluding hydrogens is 286 g/mol. The van der Waals surface area contributed by atoms with Crippen molar-refractivity contribution in [3.8, 4) is 11.5 Å². The van der Waals surface area contributed by atoms with Crippen molar-refractivity contribution in [3.05, 3.63) is 52.3 Å². The molecule has 0 aliphatic rings. The van der Waals surface area contributed by atoms with E-state index in [0.29, 0.717) is 12.3 Å². The number of thiazole rings is 1. The quantitative estimate of drug-likeness (QED) is 0.524. The topological polar surface area (TPSA) is 59.1 Å². The summed E-state index contributed by atoms with van der Waals surface area (Å²) in [5.41, 5.74) is 1.87. The maximum atomic E-state index is 9.69. The van der Waals surface area contributed by atoms with E-state index in [9.17, 15) is 5.11 Å². The molecule has 0 fully saturated rings. The van der Waals surface area contributed by atoms with E-state index < -0.39 is 0 Å². The zero-order valence-corrected chi connectivity index (χ0v) is 12.8. The first-order valence-electron chi connectivity index (χ1n) is 6.35. The van der Waals surface area contributed by atoms with E-state index in [1.54, 1.807) is 24.4 Å². The van der Waals surface area contributed by atoms with Crippen LogP contribution in [-0.4, -0.2) is 23.0 Å². The number of benzene rings is 1. The van der Waals surface area contributed by atoms with Crippen molar-refractivity contribution in [1.29, 1.82) is 0 Å². The maximum Gasteiger partial charge on any atom is 0.211 e. The van der Waals surface area contributed by atoms with Crippen molar-refractivity contribution in [2.75, 3.05) is 7.11 Å². The van der Waals surface area contributed by atoms with Crippen LogP contribution in [0.25, 0.3) is 0 Å². The lowest BCUT2D eigenvalue weighted by Gasteiger charge is -2.02. The van der Waals surface area contributed by atoms with Gasteiger partial charge in [-0.15, -0.1) is 23.0 Å². The van der Waals surface area contributed by atoms with Gasteiger partial charge in [0, 0.05) is 17.6 Å². The van der Waals surface area contributed by atoms with Crippen LogP contribution in [0.5, 0.6) is 11.5 Å². The van der Waals surface area contributed by atoms with Crippen molar-refractivity contribution >= 4 is 17.6 Å². The average Bonchev–Trinajstić information content (AvgIpc) is 2.81. The second-order valence-corrected chi connectivity index (χ2v) is 5.17. The molecule has 1 N–H and O–H groups in total. The van der Waals surface area contributed by atoms with E-state index in [1.807, 2.05) is 22.9 Å². The first kappa shape index (κ1) is 15.1. The van der Waals surface area contributed by atoms with Gasteiger partial charge in [-0.1, -0.05) is 6.08 Å². The SMILES string of the molecule is C=CCn1c(C)cs/c1=N/N=C/c1ccc(OC)c(O)c1. The van der Waals surface area contributed by atoms with E-state index in [2.05, 4.69) is 16.8 Å². The molecule has 0 atom stereocenters. The third-order valence-electron chi connectivity index (χ3n) is 2.86. The molecule has 0 amide bonds. The number of nitrogens with zero attached hydrogens (tertiary/aromatic N) is 3. The number of phenolic OH excluding ortho intramolecular Hbond substituents is 1. The Bertz CT molecular complexity index is 729. The highest BCUT2D eigenvalue weighted by atomic mass is 32.1. The zero-order valence-electron chi connectivity index (χ0n) is 12.0. The Balaban J connectivity index is 2.24. The summed E-state index contributed by atoms with van der Waals surface area (Å²) in [6, 6.07) is 5.06. The molecule has 0 aliphatic carbocycles. The van der Waals surface area contributed by atoms with E-state index in [1.165, 1.54) is 18.4 Å². The highest BCUT2D eigenvalue weighted by Crippen LogP contribution is 2.25. The third-order valence-corrected chi connectivity index (χ3v) is 3.83. The lowest BCUT2D eigenvalue weighted by Crippen LogP contribution is -2.14. The van der Waals surface area contributed by atoms with Gasteiger partial charge < -0.3 is 14.4 Å². The predicted molar refractivity (Wildman–Crippen MR) is 85.1 cm³/mol. The molecule has 0 unspecified atom stereocenters. The predicted octanol–water partition coefficient (Wildman–Crippen LogP) is 2.69. The van der Waals surface area contributed by atoms with E-state index >= 15 is 0 Å². The van der Waals surface area contributed by atoms with Crippen LogP contribution in [0, 0.1) is 6.92 Å². The second-order valence-electron chi connectivity index (χ2n) is 4.33. The molecule has 0 radical (unpaired) electrons. The van der Waals surface area contributed by atoms with Gasteiger partial charge >= 0.3 is 0 Å². The molecule has 6 heteroatoms. The molecule has 1 aromatic heterocycles. The summed E-state index contributed by atoms with van der Waals surface area (Å²) in [4.78, 5) is 0.807. The van der Waals surface area contributed by atoms with Crippen LogP contribution in [0.4, 0.5) is 0 Å². The molecule has 110 valence electrons. The normalized spacial score (nSPS) is 12.0. The minimum atomic E-state index is 0.0788. The van der Waals surface area contributed by atoms with Crippen LogP contribution < -0.4 is 9.54 Å². The standard InChI is InChI=1S/C15H17N3O2S/c1-4-7-18-11(2)10-21-15(18)17-16-9-12-5-6-14(20-3)13(19)8-12/h4-6,8-10,19H,1,7H2,2-3H3/b16-9+,17-15+. The van der Waals surface area contributed by atoms with Gasteiger partial charge in [-0.2, -0.15) is 5.10 Å². The Labute approximate surface area is 127 Å². The first-order valence-corrected chi connectivity index (χ1v) is 7.23. The number of methoxy groups -OCH3 is 1. The van der Waals surface area contributed by atoms with Gasteiger partial charge in [0.25, 0.3) is 0 Å². The number of allylic oxidation sites excluding steroid dienone is 1. The molecule has 0 saturated carbocycles. The summed E-state index contributed by atoms with van der Waals surface area (Å²) in [6.45, 7) is 6.46. The summed E-state index contributed by atoms with van der Waals surface area (Å²) < 4.78 is 7.02. The van der Waals surface area contributed by atoms with Gasteiger partial charge in [0.15, 0.2) is 11.5 Å². The number of rotatable bonds is 5. The lowest BCUT2D eigenvalue weighted by atomic mass is 10.2. The molecule has 2 rings (SSSR count). The Hall–Kier alpha value is -2.34. The zero-order chi connectivity index (χ0) is 15.2. The monoisotopic (exact) mass is 303 g/mol. The summed E-state index contributed by atoms with van der Waals surface area (Å²) >= 11 is 1.53. The molecule has 21 heavy (non-hydrogen) atoms. The Kier molecular flexibility index (Phi) is 4.94. The molecule has 1 heterocycles. The second kappa shape index (κ2) is 6.90. The Morgan fingerprint density at radius 1 is 1.48 bits per heavy atom. The van der Waals surface area contributed by atoms with Gasteiger partial charge in [0.1, 0.15) is 0 Å². The molecule has 1 aromatic carbocycles. The minimum absolute atomic E-state index is 0.0788. The van der Waals surface area contributed by atoms with Gasteiger partial charge in [-0.05, 0) is 30.7 Å². The van der Waals surface area contributed by atoms with E-state index in [-0.39, 0.29) is 5.75 Å². The summed E-state index contributed by atoms with van der Waals surface area (Å²) in [7, 11) is 1.51.